The molecule has 0 spiro atoms. The normalized spacial score (nSPS) is 14.8. The van der Waals surface area contributed by atoms with Crippen molar-refractivity contribution in [3.05, 3.63) is 24.3 Å². The molecule has 0 bridgehead atoms. The van der Waals surface area contributed by atoms with Gasteiger partial charge in [-0.05, 0) is 19.3 Å². The molecule has 0 heterocycles. The number of hydrogen-bond acceptors (Lipinski definition) is 4. The molecule has 5 heteroatoms. The first kappa shape index (κ1) is 25.2. The Kier molecular flexibility index (Phi) is 17.0. The van der Waals surface area contributed by atoms with Crippen molar-refractivity contribution in [2.75, 3.05) is 7.11 Å². The summed E-state index contributed by atoms with van der Waals surface area (Å²) in [5, 5.41) is 20.1. The predicted octanol–water partition coefficient (Wildman–Crippen LogP) is 4.33. The van der Waals surface area contributed by atoms with Gasteiger partial charge in [0.15, 0.2) is 0 Å². The lowest BCUT2D eigenvalue weighted by atomic mass is 10.1. The van der Waals surface area contributed by atoms with Crippen molar-refractivity contribution in [3.63, 3.8) is 0 Å². The summed E-state index contributed by atoms with van der Waals surface area (Å²) >= 11 is 2.17. The maximum Gasteiger partial charge on any atom is 0.305 e. The first-order valence-corrected chi connectivity index (χ1v) is 10.6. The molecule has 0 saturated heterocycles. The summed E-state index contributed by atoms with van der Waals surface area (Å²) in [5.41, 5.74) is 0. The maximum absolute atomic E-state index is 11.0. The third kappa shape index (κ3) is 15.4. The zero-order valence-corrected chi connectivity index (χ0v) is 18.2. The number of carbonyl (C=O) groups excluding carboxylic acids is 1. The monoisotopic (exact) mass is 476 g/mol. The van der Waals surface area contributed by atoms with E-state index in [1.54, 1.807) is 6.08 Å². The molecule has 0 rings (SSSR count). The zero-order chi connectivity index (χ0) is 19.6. The van der Waals surface area contributed by atoms with Crippen LogP contribution in [0.15, 0.2) is 24.3 Å². The first-order chi connectivity index (χ1) is 12.5. The lowest BCUT2D eigenvalue weighted by molar-refractivity contribution is -0.140. The fraction of sp³-hybridized carbons (Fsp3) is 0.667. The van der Waals surface area contributed by atoms with Gasteiger partial charge in [0.05, 0.1) is 19.3 Å². The Morgan fingerprint density at radius 1 is 1.19 bits per heavy atom. The maximum atomic E-state index is 11.0. The molecule has 0 saturated carbocycles. The van der Waals surface area contributed by atoms with Gasteiger partial charge in [-0.25, -0.2) is 0 Å². The minimum absolute atomic E-state index is 0.0339. The van der Waals surface area contributed by atoms with Gasteiger partial charge < -0.3 is 14.9 Å². The lowest BCUT2D eigenvalue weighted by Gasteiger charge is -2.17. The largest absolute Gasteiger partial charge is 0.469 e. The van der Waals surface area contributed by atoms with Crippen LogP contribution in [-0.2, 0) is 9.53 Å². The molecule has 0 aliphatic heterocycles. The molecular formula is C21H33IO4. The molecule has 2 N–H and O–H groups in total. The quantitative estimate of drug-likeness (QED) is 0.104. The minimum Gasteiger partial charge on any atom is -0.469 e. The topological polar surface area (TPSA) is 66.8 Å². The van der Waals surface area contributed by atoms with Crippen LogP contribution < -0.4 is 0 Å². The molecule has 0 amide bonds. The number of aliphatic hydroxyl groups is 2. The van der Waals surface area contributed by atoms with Crippen molar-refractivity contribution in [3.8, 4) is 11.8 Å². The number of hydrogen-bond donors (Lipinski definition) is 2. The van der Waals surface area contributed by atoms with E-state index in [1.165, 1.54) is 26.4 Å². The summed E-state index contributed by atoms with van der Waals surface area (Å²) in [6.45, 7) is 2.18. The predicted molar refractivity (Wildman–Crippen MR) is 115 cm³/mol. The molecule has 0 aromatic rings. The smallest absolute Gasteiger partial charge is 0.305 e. The van der Waals surface area contributed by atoms with Crippen LogP contribution in [0.1, 0.15) is 64.7 Å². The number of alkyl halides is 1. The van der Waals surface area contributed by atoms with E-state index in [1.807, 2.05) is 12.2 Å². The second-order valence-electron chi connectivity index (χ2n) is 6.18. The Morgan fingerprint density at radius 3 is 2.65 bits per heavy atom. The highest BCUT2D eigenvalue weighted by Crippen LogP contribution is 2.16. The van der Waals surface area contributed by atoms with Crippen LogP contribution in [0.2, 0.25) is 0 Å². The summed E-state index contributed by atoms with van der Waals surface area (Å²) in [5.74, 6) is 5.82. The molecule has 0 aliphatic carbocycles. The number of halogens is 1. The van der Waals surface area contributed by atoms with Crippen molar-refractivity contribution in [2.24, 2.45) is 0 Å². The van der Waals surface area contributed by atoms with Gasteiger partial charge in [-0.3, -0.25) is 4.79 Å². The Bertz CT molecular complexity index is 476. The van der Waals surface area contributed by atoms with E-state index >= 15 is 0 Å². The van der Waals surface area contributed by atoms with Crippen molar-refractivity contribution in [1.82, 2.24) is 0 Å². The van der Waals surface area contributed by atoms with Crippen LogP contribution in [0.3, 0.4) is 0 Å². The van der Waals surface area contributed by atoms with Crippen LogP contribution in [0.25, 0.3) is 0 Å². The molecule has 0 fully saturated rings. The minimum atomic E-state index is -0.657. The van der Waals surface area contributed by atoms with Crippen LogP contribution >= 0.6 is 22.6 Å². The summed E-state index contributed by atoms with van der Waals surface area (Å²) in [7, 11) is 1.38. The zero-order valence-electron chi connectivity index (χ0n) is 16.0. The highest BCUT2D eigenvalue weighted by molar-refractivity contribution is 14.1. The van der Waals surface area contributed by atoms with Crippen LogP contribution in [-0.4, -0.2) is 39.4 Å². The molecule has 26 heavy (non-hydrogen) atoms. The molecule has 4 nitrogen and oxygen atoms in total. The van der Waals surface area contributed by atoms with Gasteiger partial charge >= 0.3 is 5.97 Å². The Morgan fingerprint density at radius 2 is 1.96 bits per heavy atom. The molecule has 0 aromatic heterocycles. The molecule has 0 aliphatic rings. The molecule has 0 unspecified atom stereocenters. The molecule has 0 aromatic carbocycles. The standard InChI is InChI=1S/C21H33IO4/c1-3-4-5-6-7-8-11-14-18(23)17-20(24)19(22)15-12-9-10-13-16-21(25)26-2/h7-8,11,14,18-20,23-24H,3-6,10,13,15-17H2,1-2H3/b8-7-,14-11+/t18-,19+,20-/m0/s1. The summed E-state index contributed by atoms with van der Waals surface area (Å²) in [6, 6.07) is 0. The van der Waals surface area contributed by atoms with Gasteiger partial charge in [-0.1, -0.05) is 66.7 Å². The number of ether oxygens (including phenoxy) is 1. The second kappa shape index (κ2) is 17.6. The first-order valence-electron chi connectivity index (χ1n) is 9.37. The van der Waals surface area contributed by atoms with Gasteiger partial charge in [-0.2, -0.15) is 0 Å². The molecule has 3 atom stereocenters. The average molecular weight is 476 g/mol. The van der Waals surface area contributed by atoms with E-state index in [4.69, 9.17) is 0 Å². The third-order valence-corrected chi connectivity index (χ3v) is 5.06. The van der Waals surface area contributed by atoms with Gasteiger partial charge in [0, 0.05) is 29.6 Å². The number of esters is 1. The third-order valence-electron chi connectivity index (χ3n) is 3.79. The lowest BCUT2D eigenvalue weighted by Crippen LogP contribution is -2.24. The van der Waals surface area contributed by atoms with E-state index in [0.717, 1.165) is 6.42 Å². The number of methoxy groups -OCH3 is 1. The number of aliphatic hydroxyl groups excluding tert-OH is 2. The van der Waals surface area contributed by atoms with E-state index < -0.39 is 12.2 Å². The van der Waals surface area contributed by atoms with E-state index in [-0.39, 0.29) is 9.89 Å². The van der Waals surface area contributed by atoms with Crippen LogP contribution in [0.5, 0.6) is 0 Å². The second-order valence-corrected chi connectivity index (χ2v) is 7.78. The van der Waals surface area contributed by atoms with E-state index in [0.29, 0.717) is 32.1 Å². The Balaban J connectivity index is 3.95. The fourth-order valence-electron chi connectivity index (χ4n) is 2.17. The number of unbranched alkanes of at least 4 members (excludes halogenated alkanes) is 4. The van der Waals surface area contributed by atoms with Gasteiger partial charge in [-0.15, -0.1) is 11.8 Å². The van der Waals surface area contributed by atoms with Gasteiger partial charge in [0.1, 0.15) is 0 Å². The van der Waals surface area contributed by atoms with Gasteiger partial charge in [0.25, 0.3) is 0 Å². The van der Waals surface area contributed by atoms with Crippen LogP contribution in [0.4, 0.5) is 0 Å². The SMILES string of the molecule is CCCCC/C=C\C=C\[C@H](O)C[C@H](O)[C@H](I)CC#CCCCC(=O)OC. The Hall–Kier alpha value is -0.840. The molecular weight excluding hydrogens is 443 g/mol. The van der Waals surface area contributed by atoms with Crippen molar-refractivity contribution in [1.29, 1.82) is 0 Å². The van der Waals surface area contributed by atoms with Crippen LogP contribution in [0, 0.1) is 11.8 Å². The highest BCUT2D eigenvalue weighted by Gasteiger charge is 2.17. The average Bonchev–Trinajstić information content (AvgIpc) is 2.63. The fourth-order valence-corrected chi connectivity index (χ4v) is 2.68. The van der Waals surface area contributed by atoms with Crippen molar-refractivity contribution in [2.45, 2.75) is 80.8 Å². The van der Waals surface area contributed by atoms with E-state index in [2.05, 4.69) is 52.2 Å². The number of carbonyl (C=O) groups is 1. The summed E-state index contributed by atoms with van der Waals surface area (Å²) < 4.78 is 4.53. The number of rotatable bonds is 13. The highest BCUT2D eigenvalue weighted by atomic mass is 127. The molecule has 0 radical (unpaired) electrons. The summed E-state index contributed by atoms with van der Waals surface area (Å²) in [6.07, 6.45) is 13.6. The number of allylic oxidation sites excluding steroid dienone is 3. The summed E-state index contributed by atoms with van der Waals surface area (Å²) in [4.78, 5) is 11.0. The molecule has 148 valence electrons. The van der Waals surface area contributed by atoms with E-state index in [9.17, 15) is 15.0 Å². The Labute approximate surface area is 172 Å². The van der Waals surface area contributed by atoms with Crippen molar-refractivity contribution < 1.29 is 19.7 Å². The van der Waals surface area contributed by atoms with Crippen molar-refractivity contribution >= 4 is 28.6 Å². The van der Waals surface area contributed by atoms with Gasteiger partial charge in [0.2, 0.25) is 0 Å².